The average molecular weight is 380 g/mol. The molecule has 1 atom stereocenters. The van der Waals surface area contributed by atoms with Crippen LogP contribution >= 0.6 is 0 Å². The molecule has 5 nitrogen and oxygen atoms in total. The van der Waals surface area contributed by atoms with Crippen molar-refractivity contribution in [2.75, 3.05) is 25.1 Å². The molecule has 1 unspecified atom stereocenters. The van der Waals surface area contributed by atoms with Crippen molar-refractivity contribution in [3.63, 3.8) is 0 Å². The van der Waals surface area contributed by atoms with Gasteiger partial charge in [-0.1, -0.05) is 24.3 Å². The van der Waals surface area contributed by atoms with Gasteiger partial charge in [-0.3, -0.25) is 4.79 Å². The van der Waals surface area contributed by atoms with Gasteiger partial charge in [-0.15, -0.1) is 0 Å². The molecule has 1 amide bonds. The van der Waals surface area contributed by atoms with Gasteiger partial charge in [0.2, 0.25) is 0 Å². The van der Waals surface area contributed by atoms with Crippen LogP contribution in [0.25, 0.3) is 0 Å². The van der Waals surface area contributed by atoms with E-state index in [0.29, 0.717) is 11.3 Å². The molecule has 1 saturated carbocycles. The average Bonchev–Trinajstić information content (AvgIpc) is 2.71. The molecule has 2 aromatic carbocycles. The topological polar surface area (TPSA) is 50.8 Å². The third-order valence-electron chi connectivity index (χ3n) is 5.66. The molecule has 28 heavy (non-hydrogen) atoms. The van der Waals surface area contributed by atoms with Crippen LogP contribution in [0.3, 0.4) is 0 Å². The summed E-state index contributed by atoms with van der Waals surface area (Å²) in [5, 5.41) is 3.22. The SMILES string of the molecule is COc1ccccc1N1CCCC(NC(=O)c2ccccc2OC2CCC2)C1. The van der Waals surface area contributed by atoms with Gasteiger partial charge in [0.05, 0.1) is 24.5 Å². The van der Waals surface area contributed by atoms with Gasteiger partial charge in [0.25, 0.3) is 5.91 Å². The quantitative estimate of drug-likeness (QED) is 0.822. The summed E-state index contributed by atoms with van der Waals surface area (Å²) in [5.41, 5.74) is 1.71. The van der Waals surface area contributed by atoms with Crippen LogP contribution in [-0.4, -0.2) is 38.3 Å². The highest BCUT2D eigenvalue weighted by atomic mass is 16.5. The molecular weight excluding hydrogens is 352 g/mol. The third-order valence-corrected chi connectivity index (χ3v) is 5.66. The highest BCUT2D eigenvalue weighted by Crippen LogP contribution is 2.30. The minimum atomic E-state index is -0.0539. The van der Waals surface area contributed by atoms with E-state index in [4.69, 9.17) is 9.47 Å². The van der Waals surface area contributed by atoms with Crippen molar-refractivity contribution < 1.29 is 14.3 Å². The molecule has 1 heterocycles. The normalized spacial score (nSPS) is 19.6. The Morgan fingerprint density at radius 3 is 2.50 bits per heavy atom. The molecule has 1 N–H and O–H groups in total. The number of anilines is 1. The van der Waals surface area contributed by atoms with E-state index < -0.39 is 0 Å². The van der Waals surface area contributed by atoms with Crippen LogP contribution in [0.4, 0.5) is 5.69 Å². The molecule has 1 aliphatic carbocycles. The standard InChI is InChI=1S/C23H28N2O3/c1-27-22-14-5-3-12-20(22)25-15-7-8-17(16-25)24-23(26)19-11-2-4-13-21(19)28-18-9-6-10-18/h2-5,11-14,17-18H,6-10,15-16H2,1H3,(H,24,26). The van der Waals surface area contributed by atoms with E-state index in [-0.39, 0.29) is 18.1 Å². The van der Waals surface area contributed by atoms with E-state index in [9.17, 15) is 4.79 Å². The molecule has 0 bridgehead atoms. The zero-order chi connectivity index (χ0) is 19.3. The van der Waals surface area contributed by atoms with Crippen LogP contribution in [0, 0.1) is 0 Å². The fourth-order valence-electron chi connectivity index (χ4n) is 3.89. The minimum Gasteiger partial charge on any atom is -0.495 e. The van der Waals surface area contributed by atoms with Gasteiger partial charge in [0, 0.05) is 19.1 Å². The van der Waals surface area contributed by atoms with Gasteiger partial charge in [-0.2, -0.15) is 0 Å². The number of ether oxygens (including phenoxy) is 2. The van der Waals surface area contributed by atoms with Gasteiger partial charge in [-0.25, -0.2) is 0 Å². The molecule has 1 aliphatic heterocycles. The molecule has 2 aromatic rings. The second-order valence-corrected chi connectivity index (χ2v) is 7.60. The minimum absolute atomic E-state index is 0.0539. The molecule has 5 heteroatoms. The number of hydrogen-bond acceptors (Lipinski definition) is 4. The lowest BCUT2D eigenvalue weighted by Crippen LogP contribution is -2.48. The van der Waals surface area contributed by atoms with E-state index in [1.807, 2.05) is 42.5 Å². The van der Waals surface area contributed by atoms with Crippen molar-refractivity contribution in [3.05, 3.63) is 54.1 Å². The Balaban J connectivity index is 1.43. The third kappa shape index (κ3) is 4.08. The summed E-state index contributed by atoms with van der Waals surface area (Å²) in [4.78, 5) is 15.2. The highest BCUT2D eigenvalue weighted by molar-refractivity contribution is 5.97. The van der Waals surface area contributed by atoms with Crippen LogP contribution in [0.15, 0.2) is 48.5 Å². The van der Waals surface area contributed by atoms with Crippen LogP contribution in [-0.2, 0) is 0 Å². The molecule has 0 aromatic heterocycles. The molecule has 148 valence electrons. The highest BCUT2D eigenvalue weighted by Gasteiger charge is 2.26. The maximum absolute atomic E-state index is 13.0. The number of piperidine rings is 1. The summed E-state index contributed by atoms with van der Waals surface area (Å²) in [5.74, 6) is 1.51. The van der Waals surface area contributed by atoms with Crippen LogP contribution in [0.5, 0.6) is 11.5 Å². The summed E-state index contributed by atoms with van der Waals surface area (Å²) < 4.78 is 11.5. The molecule has 0 spiro atoms. The first-order chi connectivity index (χ1) is 13.7. The lowest BCUT2D eigenvalue weighted by molar-refractivity contribution is 0.0909. The Morgan fingerprint density at radius 2 is 1.75 bits per heavy atom. The summed E-state index contributed by atoms with van der Waals surface area (Å²) in [6.45, 7) is 1.74. The Kier molecular flexibility index (Phi) is 5.70. The Morgan fingerprint density at radius 1 is 1.00 bits per heavy atom. The summed E-state index contributed by atoms with van der Waals surface area (Å²) in [6, 6.07) is 15.7. The van der Waals surface area contributed by atoms with Gasteiger partial charge in [-0.05, 0) is 56.4 Å². The summed E-state index contributed by atoms with van der Waals surface area (Å²) >= 11 is 0. The number of carbonyl (C=O) groups is 1. The van der Waals surface area contributed by atoms with Crippen molar-refractivity contribution in [2.24, 2.45) is 0 Å². The number of carbonyl (C=O) groups excluding carboxylic acids is 1. The molecular formula is C23H28N2O3. The molecule has 1 saturated heterocycles. The number of nitrogens with zero attached hydrogens (tertiary/aromatic N) is 1. The largest absolute Gasteiger partial charge is 0.495 e. The molecule has 2 fully saturated rings. The number of nitrogens with one attached hydrogen (secondary N) is 1. The molecule has 2 aliphatic rings. The first-order valence-corrected chi connectivity index (χ1v) is 10.2. The van der Waals surface area contributed by atoms with E-state index in [1.165, 1.54) is 6.42 Å². The first kappa shape index (κ1) is 18.7. The smallest absolute Gasteiger partial charge is 0.255 e. The second kappa shape index (κ2) is 8.55. The molecule has 0 radical (unpaired) electrons. The van der Waals surface area contributed by atoms with Crippen molar-refractivity contribution in [3.8, 4) is 11.5 Å². The van der Waals surface area contributed by atoms with E-state index in [1.54, 1.807) is 7.11 Å². The van der Waals surface area contributed by atoms with Crippen LogP contribution in [0.1, 0.15) is 42.5 Å². The number of rotatable bonds is 6. The Hall–Kier alpha value is -2.69. The van der Waals surface area contributed by atoms with E-state index >= 15 is 0 Å². The van der Waals surface area contributed by atoms with Crippen molar-refractivity contribution >= 4 is 11.6 Å². The fraction of sp³-hybridized carbons (Fsp3) is 0.435. The number of amides is 1. The number of methoxy groups -OCH3 is 1. The van der Waals surface area contributed by atoms with Crippen molar-refractivity contribution in [2.45, 2.75) is 44.2 Å². The van der Waals surface area contributed by atoms with Gasteiger partial charge in [0.15, 0.2) is 0 Å². The van der Waals surface area contributed by atoms with Crippen molar-refractivity contribution in [1.82, 2.24) is 5.32 Å². The van der Waals surface area contributed by atoms with Gasteiger partial charge in [0.1, 0.15) is 11.5 Å². The monoisotopic (exact) mass is 380 g/mol. The number of benzene rings is 2. The predicted octanol–water partition coefficient (Wildman–Crippen LogP) is 4.03. The summed E-state index contributed by atoms with van der Waals surface area (Å²) in [6.07, 6.45) is 5.62. The first-order valence-electron chi connectivity index (χ1n) is 10.2. The second-order valence-electron chi connectivity index (χ2n) is 7.60. The fourth-order valence-corrected chi connectivity index (χ4v) is 3.89. The Labute approximate surface area is 166 Å². The maximum Gasteiger partial charge on any atom is 0.255 e. The van der Waals surface area contributed by atoms with E-state index in [0.717, 1.165) is 50.2 Å². The van der Waals surface area contributed by atoms with Gasteiger partial charge >= 0.3 is 0 Å². The van der Waals surface area contributed by atoms with Crippen LogP contribution < -0.4 is 19.7 Å². The zero-order valence-corrected chi connectivity index (χ0v) is 16.4. The lowest BCUT2D eigenvalue weighted by Gasteiger charge is -2.35. The van der Waals surface area contributed by atoms with Crippen LogP contribution in [0.2, 0.25) is 0 Å². The number of hydrogen-bond donors (Lipinski definition) is 1. The van der Waals surface area contributed by atoms with Gasteiger partial charge < -0.3 is 19.7 Å². The maximum atomic E-state index is 13.0. The summed E-state index contributed by atoms with van der Waals surface area (Å²) in [7, 11) is 1.70. The number of para-hydroxylation sites is 3. The predicted molar refractivity (Wildman–Crippen MR) is 110 cm³/mol. The Bertz CT molecular complexity index is 819. The van der Waals surface area contributed by atoms with E-state index in [2.05, 4.69) is 16.3 Å². The van der Waals surface area contributed by atoms with Crippen molar-refractivity contribution in [1.29, 1.82) is 0 Å². The lowest BCUT2D eigenvalue weighted by atomic mass is 9.96. The zero-order valence-electron chi connectivity index (χ0n) is 16.4. The molecule has 4 rings (SSSR count).